The van der Waals surface area contributed by atoms with Crippen LogP contribution in [-0.2, 0) is 11.2 Å². The number of carbonyl (C=O) groups excluding carboxylic acids is 1. The van der Waals surface area contributed by atoms with Gasteiger partial charge in [-0.05, 0) is 18.1 Å². The van der Waals surface area contributed by atoms with Gasteiger partial charge in [-0.3, -0.25) is 10.2 Å². The first-order valence-corrected chi connectivity index (χ1v) is 5.09. The molecular weight excluding hydrogens is 204 g/mol. The number of nitrogens with two attached hydrogens (primary N) is 1. The average Bonchev–Trinajstić information content (AvgIpc) is 2.31. The van der Waals surface area contributed by atoms with Gasteiger partial charge >= 0.3 is 0 Å². The summed E-state index contributed by atoms with van der Waals surface area (Å²) in [5.74, 6) is 5.51. The van der Waals surface area contributed by atoms with E-state index in [1.54, 1.807) is 0 Å². The zero-order valence-corrected chi connectivity index (χ0v) is 9.11. The van der Waals surface area contributed by atoms with Gasteiger partial charge in [0.25, 0.3) is 0 Å². The number of hydrogen-bond donors (Lipinski definition) is 2. The molecule has 3 N–H and O–H groups in total. The number of hydrazine groups is 1. The molecular formula is C12H16N2O2. The zero-order chi connectivity index (χ0) is 11.8. The second-order valence-corrected chi connectivity index (χ2v) is 3.27. The van der Waals surface area contributed by atoms with E-state index in [1.165, 1.54) is 0 Å². The molecule has 0 spiro atoms. The summed E-state index contributed by atoms with van der Waals surface area (Å²) < 4.78 is 5.50. The van der Waals surface area contributed by atoms with E-state index in [2.05, 4.69) is 12.0 Å². The maximum Gasteiger partial charge on any atom is 0.237 e. The Bertz CT molecular complexity index is 364. The topological polar surface area (TPSA) is 64.3 Å². The summed E-state index contributed by atoms with van der Waals surface area (Å²) in [5, 5.41) is 0. The smallest absolute Gasteiger partial charge is 0.237 e. The van der Waals surface area contributed by atoms with E-state index in [-0.39, 0.29) is 12.3 Å². The van der Waals surface area contributed by atoms with Gasteiger partial charge in [0.05, 0.1) is 13.0 Å². The third kappa shape index (κ3) is 3.74. The number of ether oxygens (including phenoxy) is 1. The van der Waals surface area contributed by atoms with Gasteiger partial charge in [0.15, 0.2) is 0 Å². The van der Waals surface area contributed by atoms with Gasteiger partial charge in [0, 0.05) is 0 Å². The van der Waals surface area contributed by atoms with E-state index in [1.807, 2.05) is 30.3 Å². The number of benzene rings is 1. The Morgan fingerprint density at radius 3 is 2.94 bits per heavy atom. The maximum atomic E-state index is 10.9. The Morgan fingerprint density at radius 1 is 1.50 bits per heavy atom. The largest absolute Gasteiger partial charge is 0.493 e. The molecule has 0 radical (unpaired) electrons. The maximum absolute atomic E-state index is 10.9. The van der Waals surface area contributed by atoms with Crippen LogP contribution in [0, 0.1) is 0 Å². The van der Waals surface area contributed by atoms with Gasteiger partial charge in [-0.15, -0.1) is 6.58 Å². The highest BCUT2D eigenvalue weighted by Crippen LogP contribution is 2.18. The number of amides is 1. The van der Waals surface area contributed by atoms with E-state index in [0.717, 1.165) is 17.7 Å². The molecule has 0 bridgehead atoms. The van der Waals surface area contributed by atoms with Crippen molar-refractivity contribution in [1.29, 1.82) is 0 Å². The van der Waals surface area contributed by atoms with Crippen molar-refractivity contribution < 1.29 is 9.53 Å². The van der Waals surface area contributed by atoms with Crippen molar-refractivity contribution >= 4 is 5.91 Å². The number of rotatable bonds is 6. The molecule has 0 heterocycles. The van der Waals surface area contributed by atoms with E-state index in [0.29, 0.717) is 6.61 Å². The normalized spacial score (nSPS) is 9.56. The van der Waals surface area contributed by atoms with Crippen molar-refractivity contribution in [2.45, 2.75) is 12.8 Å². The fourth-order valence-electron chi connectivity index (χ4n) is 1.29. The van der Waals surface area contributed by atoms with Crippen LogP contribution in [0.25, 0.3) is 0 Å². The van der Waals surface area contributed by atoms with Gasteiger partial charge in [-0.25, -0.2) is 5.84 Å². The van der Waals surface area contributed by atoms with E-state index in [9.17, 15) is 4.79 Å². The van der Waals surface area contributed by atoms with Crippen molar-refractivity contribution in [3.05, 3.63) is 42.5 Å². The molecule has 1 aromatic carbocycles. The van der Waals surface area contributed by atoms with Crippen LogP contribution in [0.5, 0.6) is 5.75 Å². The Labute approximate surface area is 95.1 Å². The second-order valence-electron chi connectivity index (χ2n) is 3.27. The van der Waals surface area contributed by atoms with Crippen molar-refractivity contribution in [3.8, 4) is 5.75 Å². The standard InChI is InChI=1S/C12H16N2O2/c1-2-5-10-6-3-4-7-11(10)16-9-8-12(15)14-13/h2-4,6-7H,1,5,8-9,13H2,(H,14,15). The first-order valence-electron chi connectivity index (χ1n) is 5.09. The number of nitrogens with one attached hydrogen (secondary N) is 1. The molecule has 0 aliphatic carbocycles. The third-order valence-electron chi connectivity index (χ3n) is 2.08. The fraction of sp³-hybridized carbons (Fsp3) is 0.250. The Morgan fingerprint density at radius 2 is 2.25 bits per heavy atom. The van der Waals surface area contributed by atoms with Crippen LogP contribution in [0.15, 0.2) is 36.9 Å². The first-order chi connectivity index (χ1) is 7.77. The molecule has 0 unspecified atom stereocenters. The number of carbonyl (C=O) groups is 1. The SMILES string of the molecule is C=CCc1ccccc1OCCC(=O)NN. The summed E-state index contributed by atoms with van der Waals surface area (Å²) in [6.07, 6.45) is 2.81. The molecule has 1 amide bonds. The molecule has 0 atom stereocenters. The molecule has 0 saturated heterocycles. The van der Waals surface area contributed by atoms with Crippen LogP contribution in [0.1, 0.15) is 12.0 Å². The molecule has 0 saturated carbocycles. The quantitative estimate of drug-likeness (QED) is 0.327. The highest BCUT2D eigenvalue weighted by atomic mass is 16.5. The van der Waals surface area contributed by atoms with Crippen molar-refractivity contribution in [1.82, 2.24) is 5.43 Å². The third-order valence-corrected chi connectivity index (χ3v) is 2.08. The number of para-hydroxylation sites is 1. The zero-order valence-electron chi connectivity index (χ0n) is 9.11. The van der Waals surface area contributed by atoms with Gasteiger partial charge in [-0.1, -0.05) is 24.3 Å². The minimum absolute atomic E-state index is 0.235. The van der Waals surface area contributed by atoms with Crippen molar-refractivity contribution in [2.24, 2.45) is 5.84 Å². The van der Waals surface area contributed by atoms with Crippen LogP contribution >= 0.6 is 0 Å². The molecule has 16 heavy (non-hydrogen) atoms. The first kappa shape index (κ1) is 12.3. The fourth-order valence-corrected chi connectivity index (χ4v) is 1.29. The predicted molar refractivity (Wildman–Crippen MR) is 62.8 cm³/mol. The van der Waals surface area contributed by atoms with Crippen molar-refractivity contribution in [3.63, 3.8) is 0 Å². The summed E-state index contributed by atoms with van der Waals surface area (Å²) in [4.78, 5) is 10.9. The van der Waals surface area contributed by atoms with Gasteiger partial charge < -0.3 is 4.74 Å². The van der Waals surface area contributed by atoms with Crippen LogP contribution in [-0.4, -0.2) is 12.5 Å². The summed E-state index contributed by atoms with van der Waals surface area (Å²) in [6.45, 7) is 4.00. The Kier molecular flexibility index (Phi) is 5.08. The summed E-state index contributed by atoms with van der Waals surface area (Å²) >= 11 is 0. The lowest BCUT2D eigenvalue weighted by Crippen LogP contribution is -2.31. The van der Waals surface area contributed by atoms with Gasteiger partial charge in [0.2, 0.25) is 5.91 Å². The van der Waals surface area contributed by atoms with Gasteiger partial charge in [-0.2, -0.15) is 0 Å². The average molecular weight is 220 g/mol. The number of allylic oxidation sites excluding steroid dienone is 1. The molecule has 4 nitrogen and oxygen atoms in total. The van der Waals surface area contributed by atoms with Crippen LogP contribution in [0.3, 0.4) is 0 Å². The molecule has 86 valence electrons. The summed E-state index contributed by atoms with van der Waals surface area (Å²) in [5.41, 5.74) is 3.12. The van der Waals surface area contributed by atoms with Crippen LogP contribution < -0.4 is 16.0 Å². The predicted octanol–water partition coefficient (Wildman–Crippen LogP) is 1.17. The molecule has 1 rings (SSSR count). The highest BCUT2D eigenvalue weighted by Gasteiger charge is 2.02. The minimum Gasteiger partial charge on any atom is -0.493 e. The Balaban J connectivity index is 2.52. The van der Waals surface area contributed by atoms with Crippen LogP contribution in [0.2, 0.25) is 0 Å². The molecule has 0 aromatic heterocycles. The highest BCUT2D eigenvalue weighted by molar-refractivity contribution is 5.75. The molecule has 1 aromatic rings. The molecule has 0 fully saturated rings. The molecule has 4 heteroatoms. The van der Waals surface area contributed by atoms with Gasteiger partial charge in [0.1, 0.15) is 5.75 Å². The number of hydrogen-bond acceptors (Lipinski definition) is 3. The lowest BCUT2D eigenvalue weighted by molar-refractivity contribution is -0.121. The Hall–Kier alpha value is -1.81. The molecule has 0 aliphatic heterocycles. The van der Waals surface area contributed by atoms with Crippen molar-refractivity contribution in [2.75, 3.05) is 6.61 Å². The lowest BCUT2D eigenvalue weighted by atomic mass is 10.1. The molecule has 0 aliphatic rings. The van der Waals surface area contributed by atoms with E-state index in [4.69, 9.17) is 10.6 Å². The second kappa shape index (κ2) is 6.63. The summed E-state index contributed by atoms with van der Waals surface area (Å²) in [7, 11) is 0. The monoisotopic (exact) mass is 220 g/mol. The summed E-state index contributed by atoms with van der Waals surface area (Å²) in [6, 6.07) is 7.68. The van der Waals surface area contributed by atoms with Crippen LogP contribution in [0.4, 0.5) is 0 Å². The lowest BCUT2D eigenvalue weighted by Gasteiger charge is -2.09. The minimum atomic E-state index is -0.235. The van der Waals surface area contributed by atoms with E-state index < -0.39 is 0 Å². The van der Waals surface area contributed by atoms with E-state index >= 15 is 0 Å².